The van der Waals surface area contributed by atoms with Crippen molar-refractivity contribution in [1.29, 1.82) is 0 Å². The molecule has 0 radical (unpaired) electrons. The maximum absolute atomic E-state index is 12.5. The van der Waals surface area contributed by atoms with Crippen LogP contribution in [0.1, 0.15) is 36.8 Å². The summed E-state index contributed by atoms with van der Waals surface area (Å²) < 4.78 is 41.5. The van der Waals surface area contributed by atoms with E-state index < -0.39 is 6.36 Å². The van der Waals surface area contributed by atoms with Gasteiger partial charge < -0.3 is 4.74 Å². The summed E-state index contributed by atoms with van der Waals surface area (Å²) in [6.07, 6.45) is -0.813. The normalized spacial score (nSPS) is 20.4. The summed E-state index contributed by atoms with van der Waals surface area (Å²) in [4.78, 5) is 4.37. The Morgan fingerprint density at radius 3 is 2.57 bits per heavy atom. The molecule has 23 heavy (non-hydrogen) atoms. The van der Waals surface area contributed by atoms with Gasteiger partial charge >= 0.3 is 6.36 Å². The van der Waals surface area contributed by atoms with Gasteiger partial charge in [-0.1, -0.05) is 25.5 Å². The molecule has 2 aromatic rings. The molecule has 5 heteroatoms. The highest BCUT2D eigenvalue weighted by Gasteiger charge is 2.38. The van der Waals surface area contributed by atoms with E-state index in [1.807, 2.05) is 19.1 Å². The number of pyridine rings is 1. The minimum atomic E-state index is -4.69. The zero-order chi connectivity index (χ0) is 16.6. The maximum atomic E-state index is 12.5. The Kier molecular flexibility index (Phi) is 4.04. The van der Waals surface area contributed by atoms with Crippen molar-refractivity contribution in [1.82, 2.24) is 4.98 Å². The summed E-state index contributed by atoms with van der Waals surface area (Å²) in [5, 5.41) is 0. The van der Waals surface area contributed by atoms with Gasteiger partial charge in [0, 0.05) is 11.8 Å². The lowest BCUT2D eigenvalue weighted by molar-refractivity contribution is -0.274. The molecule has 0 amide bonds. The Bertz CT molecular complexity index is 694. The number of benzene rings is 1. The van der Waals surface area contributed by atoms with E-state index in [0.717, 1.165) is 29.5 Å². The topological polar surface area (TPSA) is 22.1 Å². The fraction of sp³-hybridized carbons (Fsp3) is 0.389. The maximum Gasteiger partial charge on any atom is 0.573 e. The molecular formula is C18H18F3NO. The van der Waals surface area contributed by atoms with Gasteiger partial charge in [-0.15, -0.1) is 13.2 Å². The number of aryl methyl sites for hydroxylation is 1. The molecule has 122 valence electrons. The molecule has 0 N–H and O–H groups in total. The first-order valence-electron chi connectivity index (χ1n) is 7.70. The van der Waals surface area contributed by atoms with E-state index in [9.17, 15) is 13.2 Å². The molecule has 0 saturated heterocycles. The average molecular weight is 321 g/mol. The molecule has 0 bridgehead atoms. The third-order valence-corrected chi connectivity index (χ3v) is 4.29. The van der Waals surface area contributed by atoms with Crippen LogP contribution in [0, 0.1) is 12.8 Å². The van der Waals surface area contributed by atoms with E-state index in [0.29, 0.717) is 17.5 Å². The highest BCUT2D eigenvalue weighted by atomic mass is 19.4. The van der Waals surface area contributed by atoms with Gasteiger partial charge in [0.05, 0.1) is 5.69 Å². The molecule has 1 heterocycles. The van der Waals surface area contributed by atoms with Crippen LogP contribution in [-0.4, -0.2) is 11.3 Å². The molecule has 0 spiro atoms. The molecule has 3 rings (SSSR count). The second kappa shape index (κ2) is 5.87. The first-order valence-corrected chi connectivity index (χ1v) is 7.70. The predicted octanol–water partition coefficient (Wildman–Crippen LogP) is 5.47. The minimum absolute atomic E-state index is 0.202. The molecule has 2 unspecified atom stereocenters. The summed E-state index contributed by atoms with van der Waals surface area (Å²) in [6.45, 7) is 4.06. The first-order chi connectivity index (χ1) is 10.9. The van der Waals surface area contributed by atoms with Crippen molar-refractivity contribution < 1.29 is 17.9 Å². The number of aromatic nitrogens is 1. The van der Waals surface area contributed by atoms with Crippen molar-refractivity contribution in [2.24, 2.45) is 5.92 Å². The van der Waals surface area contributed by atoms with E-state index >= 15 is 0 Å². The van der Waals surface area contributed by atoms with Gasteiger partial charge in [0.15, 0.2) is 0 Å². The van der Waals surface area contributed by atoms with Gasteiger partial charge in [-0.3, -0.25) is 4.98 Å². The molecule has 0 aliphatic heterocycles. The van der Waals surface area contributed by atoms with Crippen LogP contribution in [-0.2, 0) is 0 Å². The van der Waals surface area contributed by atoms with Gasteiger partial charge in [-0.25, -0.2) is 0 Å². The van der Waals surface area contributed by atoms with E-state index in [1.165, 1.54) is 12.1 Å². The lowest BCUT2D eigenvalue weighted by atomic mass is 9.98. The van der Waals surface area contributed by atoms with Crippen molar-refractivity contribution in [3.8, 4) is 17.0 Å². The lowest BCUT2D eigenvalue weighted by Gasteiger charge is -2.14. The lowest BCUT2D eigenvalue weighted by Crippen LogP contribution is -2.17. The van der Waals surface area contributed by atoms with E-state index in [-0.39, 0.29) is 5.75 Å². The summed E-state index contributed by atoms with van der Waals surface area (Å²) in [7, 11) is 0. The molecule has 1 aliphatic carbocycles. The molecular weight excluding hydrogens is 303 g/mol. The third kappa shape index (κ3) is 3.66. The van der Waals surface area contributed by atoms with Crippen molar-refractivity contribution in [2.75, 3.05) is 0 Å². The monoisotopic (exact) mass is 321 g/mol. The van der Waals surface area contributed by atoms with Gasteiger partial charge in [0.1, 0.15) is 5.75 Å². The van der Waals surface area contributed by atoms with Crippen molar-refractivity contribution in [3.05, 3.63) is 47.7 Å². The van der Waals surface area contributed by atoms with E-state index in [4.69, 9.17) is 0 Å². The molecule has 2 nitrogen and oxygen atoms in total. The second-order valence-corrected chi connectivity index (χ2v) is 6.03. The van der Waals surface area contributed by atoms with Crippen LogP contribution >= 0.6 is 0 Å². The Morgan fingerprint density at radius 2 is 2.00 bits per heavy atom. The number of alkyl halides is 3. The third-order valence-electron chi connectivity index (χ3n) is 4.29. The number of rotatable bonds is 4. The Labute approximate surface area is 133 Å². The minimum Gasteiger partial charge on any atom is -0.406 e. The van der Waals surface area contributed by atoms with Crippen molar-refractivity contribution in [2.45, 2.75) is 39.0 Å². The fourth-order valence-corrected chi connectivity index (χ4v) is 2.98. The number of nitrogens with zero attached hydrogens (tertiary/aromatic N) is 1. The predicted molar refractivity (Wildman–Crippen MR) is 82.2 cm³/mol. The van der Waals surface area contributed by atoms with Crippen LogP contribution in [0.15, 0.2) is 36.5 Å². The highest BCUT2D eigenvalue weighted by Crippen LogP contribution is 2.52. The Hall–Kier alpha value is -2.04. The SMILES string of the molecule is CCC1CC1c1ccc(OC(F)(F)F)cc1-c1ccc(C)cn1. The summed E-state index contributed by atoms with van der Waals surface area (Å²) in [6, 6.07) is 8.35. The van der Waals surface area contributed by atoms with Gasteiger partial charge in [0.2, 0.25) is 0 Å². The van der Waals surface area contributed by atoms with Crippen LogP contribution in [0.2, 0.25) is 0 Å². The van der Waals surface area contributed by atoms with Gasteiger partial charge in [0.25, 0.3) is 0 Å². The van der Waals surface area contributed by atoms with Gasteiger partial charge in [-0.05, 0) is 54.5 Å². The number of hydrogen-bond donors (Lipinski definition) is 0. The summed E-state index contributed by atoms with van der Waals surface area (Å²) in [5.74, 6) is 0.805. The van der Waals surface area contributed by atoms with E-state index in [2.05, 4.69) is 16.6 Å². The average Bonchev–Trinajstić information content (AvgIpc) is 3.26. The van der Waals surface area contributed by atoms with Crippen LogP contribution in [0.4, 0.5) is 13.2 Å². The van der Waals surface area contributed by atoms with Crippen molar-refractivity contribution in [3.63, 3.8) is 0 Å². The highest BCUT2D eigenvalue weighted by molar-refractivity contribution is 5.67. The molecule has 1 aliphatic rings. The van der Waals surface area contributed by atoms with Crippen LogP contribution in [0.25, 0.3) is 11.3 Å². The Balaban J connectivity index is 2.01. The largest absolute Gasteiger partial charge is 0.573 e. The van der Waals surface area contributed by atoms with Gasteiger partial charge in [-0.2, -0.15) is 0 Å². The summed E-state index contributed by atoms with van der Waals surface area (Å²) in [5.41, 5.74) is 3.48. The van der Waals surface area contributed by atoms with E-state index in [1.54, 1.807) is 12.3 Å². The fourth-order valence-electron chi connectivity index (χ4n) is 2.98. The quantitative estimate of drug-likeness (QED) is 0.745. The number of ether oxygens (including phenoxy) is 1. The number of halogens is 3. The zero-order valence-electron chi connectivity index (χ0n) is 13.0. The van der Waals surface area contributed by atoms with Crippen LogP contribution < -0.4 is 4.74 Å². The first kappa shape index (κ1) is 15.8. The van der Waals surface area contributed by atoms with Crippen LogP contribution in [0.3, 0.4) is 0 Å². The zero-order valence-corrected chi connectivity index (χ0v) is 13.0. The molecule has 1 fully saturated rings. The molecule has 2 atom stereocenters. The number of hydrogen-bond acceptors (Lipinski definition) is 2. The Morgan fingerprint density at radius 1 is 1.22 bits per heavy atom. The standard InChI is InChI=1S/C18H18F3NO/c1-3-12-8-15(12)14-6-5-13(23-18(19,20)21)9-16(14)17-7-4-11(2)10-22-17/h4-7,9-10,12,15H,3,8H2,1-2H3. The molecule has 1 aromatic heterocycles. The molecule has 1 saturated carbocycles. The molecule has 1 aromatic carbocycles. The van der Waals surface area contributed by atoms with Crippen molar-refractivity contribution >= 4 is 0 Å². The smallest absolute Gasteiger partial charge is 0.406 e. The second-order valence-electron chi connectivity index (χ2n) is 6.03. The van der Waals surface area contributed by atoms with Crippen LogP contribution in [0.5, 0.6) is 5.75 Å². The summed E-state index contributed by atoms with van der Waals surface area (Å²) >= 11 is 0.